The highest BCUT2D eigenvalue weighted by atomic mass is 32.2. The highest BCUT2D eigenvalue weighted by molar-refractivity contribution is 8.14. The molecule has 69 heavy (non-hydrogen) atoms. The number of hydrogen-bond donors (Lipinski definition) is 9. The van der Waals surface area contributed by atoms with Crippen molar-refractivity contribution in [2.45, 2.75) is 148 Å². The maximum Gasteiger partial charge on any atom is 0.481 e. The Morgan fingerprint density at radius 1 is 0.899 bits per heavy atom. The highest BCUT2D eigenvalue weighted by Crippen LogP contribution is 2.61. The van der Waals surface area contributed by atoms with E-state index in [1.165, 1.54) is 97.0 Å². The molecule has 0 bridgehead atoms. The molecule has 0 saturated carbocycles. The molecular weight excluding hydrogens is 987 g/mol. The van der Waals surface area contributed by atoms with Crippen LogP contribution < -0.4 is 16.4 Å². The molecule has 2 aromatic heterocycles. The second-order valence-electron chi connectivity index (χ2n) is 17.1. The molecular formula is C41H70N7O17P3S. The molecule has 0 aromatic carbocycles. The van der Waals surface area contributed by atoms with Crippen molar-refractivity contribution in [3.63, 3.8) is 0 Å². The van der Waals surface area contributed by atoms with Crippen LogP contribution in [-0.2, 0) is 50.7 Å². The number of rotatable bonds is 35. The lowest BCUT2D eigenvalue weighted by molar-refractivity contribution is -0.137. The molecule has 1 aliphatic heterocycles. The van der Waals surface area contributed by atoms with Gasteiger partial charge in [-0.3, -0.25) is 32.5 Å². The van der Waals surface area contributed by atoms with Crippen LogP contribution in [0.5, 0.6) is 0 Å². The molecule has 1 aliphatic rings. The molecule has 3 heterocycles. The van der Waals surface area contributed by atoms with Crippen molar-refractivity contribution in [1.29, 1.82) is 0 Å². The maximum absolute atomic E-state index is 12.7. The van der Waals surface area contributed by atoms with Gasteiger partial charge in [0.25, 0.3) is 0 Å². The molecule has 7 atom stereocenters. The van der Waals surface area contributed by atoms with E-state index < -0.39 is 84.6 Å². The number of anilines is 1. The van der Waals surface area contributed by atoms with Gasteiger partial charge in [0, 0.05) is 30.7 Å². The number of ether oxygens (including phenoxy) is 1. The van der Waals surface area contributed by atoms with Gasteiger partial charge in [-0.15, -0.1) is 0 Å². The number of aliphatic hydroxyl groups is 2. The van der Waals surface area contributed by atoms with Gasteiger partial charge in [0.15, 0.2) is 17.7 Å². The Labute approximate surface area is 406 Å². The Hall–Kier alpha value is -2.96. The van der Waals surface area contributed by atoms with Gasteiger partial charge in [-0.1, -0.05) is 128 Å². The third kappa shape index (κ3) is 23.0. The number of imidazole rings is 1. The minimum absolute atomic E-state index is 0.0314. The van der Waals surface area contributed by atoms with E-state index in [2.05, 4.69) is 41.3 Å². The van der Waals surface area contributed by atoms with E-state index in [9.17, 15) is 57.9 Å². The van der Waals surface area contributed by atoms with Crippen molar-refractivity contribution < 1.29 is 80.5 Å². The third-order valence-electron chi connectivity index (χ3n) is 10.7. The van der Waals surface area contributed by atoms with Crippen LogP contribution in [0.3, 0.4) is 0 Å². The molecule has 0 radical (unpaired) electrons. The lowest BCUT2D eigenvalue weighted by Gasteiger charge is -2.30. The number of allylic oxidation sites excluding steroid dienone is 3. The van der Waals surface area contributed by atoms with Crippen molar-refractivity contribution in [3.8, 4) is 0 Å². The van der Waals surface area contributed by atoms with E-state index in [-0.39, 0.29) is 41.6 Å². The lowest BCUT2D eigenvalue weighted by Crippen LogP contribution is -2.46. The number of phosphoric acid groups is 3. The minimum atomic E-state index is -5.58. The van der Waals surface area contributed by atoms with Crippen molar-refractivity contribution >= 4 is 69.1 Å². The molecule has 1 saturated heterocycles. The van der Waals surface area contributed by atoms with Crippen molar-refractivity contribution in [2.75, 3.05) is 37.8 Å². The van der Waals surface area contributed by atoms with Crippen molar-refractivity contribution in [3.05, 3.63) is 37.0 Å². The summed E-state index contributed by atoms with van der Waals surface area (Å²) in [6.07, 6.45) is 18.1. The van der Waals surface area contributed by atoms with Crippen LogP contribution in [0.25, 0.3) is 11.2 Å². The lowest BCUT2D eigenvalue weighted by atomic mass is 9.87. The summed E-state index contributed by atoms with van der Waals surface area (Å²) < 4.78 is 62.4. The zero-order valence-electron chi connectivity index (χ0n) is 39.3. The summed E-state index contributed by atoms with van der Waals surface area (Å²) in [5, 5.41) is 26.4. The standard InChI is InChI=1S/C41H70N7O17P3S/c1-4-5-6-7-8-9-10-11-12-13-14-15-16-17-18-19-20-21-32(50)69-25-24-43-31(49)22-23-44-39(53)36(52)41(2,3)27-62-68(59,60)65-67(57,58)61-26-30-35(64-66(54,55)56)34(51)40(63-30)48-29-47-33-37(42)45-28-46-38(33)48/h18-21,28-30,34-36,40,51-52H,4-17,22-27H2,1-3H3,(H,43,49)(H,44,53)(H,57,58)(H,59,60)(H2,42,45,46)(H2,54,55,56)/t30-,34-,35-,36+,40-/m1/s1. The van der Waals surface area contributed by atoms with Crippen LogP contribution >= 0.6 is 35.2 Å². The van der Waals surface area contributed by atoms with Crippen LogP contribution in [0.4, 0.5) is 5.82 Å². The molecule has 392 valence electrons. The Kier molecular flexibility index (Phi) is 26.4. The number of hydrogen-bond acceptors (Lipinski definition) is 18. The number of nitrogens with zero attached hydrogens (tertiary/aromatic N) is 4. The summed E-state index contributed by atoms with van der Waals surface area (Å²) in [5.41, 5.74) is 4.28. The number of phosphoric ester groups is 3. The molecule has 2 aromatic rings. The predicted octanol–water partition coefficient (Wildman–Crippen LogP) is 5.26. The average Bonchev–Trinajstić information content (AvgIpc) is 3.84. The smallest absolute Gasteiger partial charge is 0.386 e. The van der Waals surface area contributed by atoms with E-state index in [4.69, 9.17) is 19.5 Å². The van der Waals surface area contributed by atoms with Crippen LogP contribution in [0.15, 0.2) is 37.0 Å². The molecule has 3 rings (SSSR count). The van der Waals surface area contributed by atoms with Gasteiger partial charge >= 0.3 is 23.5 Å². The Morgan fingerprint density at radius 2 is 1.52 bits per heavy atom. The third-order valence-corrected chi connectivity index (χ3v) is 14.6. The molecule has 24 nitrogen and oxygen atoms in total. The van der Waals surface area contributed by atoms with Crippen LogP contribution in [-0.4, -0.2) is 123 Å². The van der Waals surface area contributed by atoms with Gasteiger partial charge < -0.3 is 50.9 Å². The Morgan fingerprint density at radius 3 is 2.16 bits per heavy atom. The molecule has 0 aliphatic carbocycles. The summed E-state index contributed by atoms with van der Waals surface area (Å²) in [4.78, 5) is 88.3. The van der Waals surface area contributed by atoms with Gasteiger partial charge in [-0.05, 0) is 18.9 Å². The van der Waals surface area contributed by atoms with E-state index in [0.29, 0.717) is 5.75 Å². The maximum atomic E-state index is 12.7. The first-order valence-corrected chi connectivity index (χ1v) is 28.5. The van der Waals surface area contributed by atoms with E-state index in [1.54, 1.807) is 6.08 Å². The number of nitrogens with one attached hydrogen (secondary N) is 2. The zero-order valence-corrected chi connectivity index (χ0v) is 42.8. The highest BCUT2D eigenvalue weighted by Gasteiger charge is 2.50. The Balaban J connectivity index is 1.30. The molecule has 2 amide bonds. The van der Waals surface area contributed by atoms with Gasteiger partial charge in [0.05, 0.1) is 19.5 Å². The zero-order chi connectivity index (χ0) is 51.1. The number of nitrogen functional groups attached to an aromatic ring is 1. The number of unbranched alkanes of at least 4 members (excludes halogenated alkanes) is 13. The molecule has 10 N–H and O–H groups in total. The molecule has 1 fully saturated rings. The summed E-state index contributed by atoms with van der Waals surface area (Å²) in [6, 6.07) is 0. The van der Waals surface area contributed by atoms with Gasteiger partial charge in [0.2, 0.25) is 16.9 Å². The summed E-state index contributed by atoms with van der Waals surface area (Å²) >= 11 is 1.04. The van der Waals surface area contributed by atoms with Crippen LogP contribution in [0.2, 0.25) is 0 Å². The quantitative estimate of drug-likeness (QED) is 0.0184. The summed E-state index contributed by atoms with van der Waals surface area (Å²) in [6.45, 7) is 2.73. The SMILES string of the molecule is CCCCCCCCCCCCCCCC=CC=CC(=O)SCCNC(=O)CCNC(=O)[C@H](O)C(C)(C)COP(=O)(O)OP(=O)(O)OC[C@H]1O[C@@H](n2cnc3c(N)ncnc32)[C@H](O)[C@@H]1OP(=O)(O)O. The first-order chi connectivity index (χ1) is 32.6. The number of fused-ring (bicyclic) bond motifs is 1. The normalized spacial score (nSPS) is 20.1. The van der Waals surface area contributed by atoms with E-state index >= 15 is 0 Å². The van der Waals surface area contributed by atoms with Gasteiger partial charge in [-0.25, -0.2) is 28.6 Å². The van der Waals surface area contributed by atoms with E-state index in [1.807, 2.05) is 12.2 Å². The second kappa shape index (κ2) is 30.2. The first kappa shape index (κ1) is 60.3. The fraction of sp³-hybridized carbons (Fsp3) is 0.707. The number of carbonyl (C=O) groups excluding carboxylic acids is 3. The topological polar surface area (TPSA) is 364 Å². The number of aliphatic hydroxyl groups excluding tert-OH is 2. The number of amides is 2. The average molecular weight is 1060 g/mol. The number of thioether (sulfide) groups is 1. The first-order valence-electron chi connectivity index (χ1n) is 22.9. The van der Waals surface area contributed by atoms with E-state index in [0.717, 1.165) is 41.8 Å². The minimum Gasteiger partial charge on any atom is -0.386 e. The number of carbonyl (C=O) groups is 3. The fourth-order valence-electron chi connectivity index (χ4n) is 6.92. The van der Waals surface area contributed by atoms with Crippen LogP contribution in [0, 0.1) is 5.41 Å². The predicted molar refractivity (Wildman–Crippen MR) is 256 cm³/mol. The van der Waals surface area contributed by atoms with Crippen molar-refractivity contribution in [2.24, 2.45) is 5.41 Å². The Bertz CT molecular complexity index is 2130. The molecule has 28 heteroatoms. The number of nitrogens with two attached hydrogens (primary N) is 1. The monoisotopic (exact) mass is 1060 g/mol. The van der Waals surface area contributed by atoms with Gasteiger partial charge in [-0.2, -0.15) is 4.31 Å². The second-order valence-corrected chi connectivity index (χ2v) is 22.4. The van der Waals surface area contributed by atoms with Crippen molar-refractivity contribution in [1.82, 2.24) is 30.2 Å². The largest absolute Gasteiger partial charge is 0.481 e. The summed E-state index contributed by atoms with van der Waals surface area (Å²) in [5.74, 6) is -1.13. The number of aromatic nitrogens is 4. The van der Waals surface area contributed by atoms with Gasteiger partial charge in [0.1, 0.15) is 36.3 Å². The summed E-state index contributed by atoms with van der Waals surface area (Å²) in [7, 11) is -16.4. The molecule has 2 unspecified atom stereocenters. The molecule has 0 spiro atoms. The fourth-order valence-corrected chi connectivity index (χ4v) is 10.3. The van der Waals surface area contributed by atoms with Crippen LogP contribution in [0.1, 0.15) is 123 Å².